The lowest BCUT2D eigenvalue weighted by Gasteiger charge is -2.29. The Morgan fingerprint density at radius 1 is 1.40 bits per heavy atom. The molecule has 1 heterocycles. The Bertz CT molecular complexity index is 200. The van der Waals surface area contributed by atoms with Crippen molar-refractivity contribution in [2.24, 2.45) is 5.92 Å². The lowest BCUT2D eigenvalue weighted by atomic mass is 10.2. The topological polar surface area (TPSA) is 35.6 Å². The van der Waals surface area contributed by atoms with Gasteiger partial charge in [0.25, 0.3) is 0 Å². The normalized spacial score (nSPS) is 18.1. The van der Waals surface area contributed by atoms with E-state index in [4.69, 9.17) is 0 Å². The molecule has 0 aromatic rings. The monoisotopic (exact) mass is 213 g/mol. The lowest BCUT2D eigenvalue weighted by molar-refractivity contribution is -0.133. The highest BCUT2D eigenvalue weighted by Gasteiger charge is 2.14. The summed E-state index contributed by atoms with van der Waals surface area (Å²) in [5.74, 6) is 0.350. The molecule has 0 atom stereocenters. The minimum absolute atomic E-state index is 0.109. The molecule has 1 rings (SSSR count). The summed E-state index contributed by atoms with van der Waals surface area (Å²) < 4.78 is 0. The van der Waals surface area contributed by atoms with Gasteiger partial charge in [0.15, 0.2) is 0 Å². The van der Waals surface area contributed by atoms with Gasteiger partial charge >= 0.3 is 0 Å². The first-order chi connectivity index (χ1) is 7.11. The van der Waals surface area contributed by atoms with Gasteiger partial charge in [0, 0.05) is 52.2 Å². The third kappa shape index (κ3) is 4.18. The SMILES string of the molecule is CC(C)C(=O)N(C)CCN1CCNCC1. The molecule has 1 amide bonds. The van der Waals surface area contributed by atoms with E-state index in [1.807, 2.05) is 25.8 Å². The van der Waals surface area contributed by atoms with E-state index in [1.165, 1.54) is 0 Å². The van der Waals surface area contributed by atoms with Crippen molar-refractivity contribution in [1.82, 2.24) is 15.1 Å². The van der Waals surface area contributed by atoms with Crippen LogP contribution in [-0.4, -0.2) is 62.0 Å². The quantitative estimate of drug-likeness (QED) is 0.714. The molecule has 4 nitrogen and oxygen atoms in total. The molecule has 1 aliphatic rings. The van der Waals surface area contributed by atoms with Crippen molar-refractivity contribution in [3.05, 3.63) is 0 Å². The molecule has 0 aliphatic carbocycles. The molecule has 1 fully saturated rings. The van der Waals surface area contributed by atoms with Gasteiger partial charge in [-0.15, -0.1) is 0 Å². The van der Waals surface area contributed by atoms with Gasteiger partial charge in [-0.05, 0) is 0 Å². The fourth-order valence-electron chi connectivity index (χ4n) is 1.78. The van der Waals surface area contributed by atoms with Crippen molar-refractivity contribution in [3.63, 3.8) is 0 Å². The number of hydrogen-bond acceptors (Lipinski definition) is 3. The number of piperazine rings is 1. The van der Waals surface area contributed by atoms with Crippen LogP contribution >= 0.6 is 0 Å². The van der Waals surface area contributed by atoms with Crippen LogP contribution in [0.2, 0.25) is 0 Å². The fourth-order valence-corrected chi connectivity index (χ4v) is 1.78. The summed E-state index contributed by atoms with van der Waals surface area (Å²) in [5, 5.41) is 3.32. The van der Waals surface area contributed by atoms with Crippen molar-refractivity contribution >= 4 is 5.91 Å². The van der Waals surface area contributed by atoms with Crippen LogP contribution < -0.4 is 5.32 Å². The fraction of sp³-hybridized carbons (Fsp3) is 0.909. The van der Waals surface area contributed by atoms with Crippen molar-refractivity contribution in [1.29, 1.82) is 0 Å². The van der Waals surface area contributed by atoms with Crippen LogP contribution in [0.15, 0.2) is 0 Å². The molecule has 15 heavy (non-hydrogen) atoms. The maximum Gasteiger partial charge on any atom is 0.224 e. The van der Waals surface area contributed by atoms with Gasteiger partial charge in [-0.1, -0.05) is 13.8 Å². The van der Waals surface area contributed by atoms with E-state index in [9.17, 15) is 4.79 Å². The second-order valence-electron chi connectivity index (χ2n) is 4.51. The van der Waals surface area contributed by atoms with E-state index < -0.39 is 0 Å². The smallest absolute Gasteiger partial charge is 0.224 e. The molecule has 0 bridgehead atoms. The van der Waals surface area contributed by atoms with Crippen molar-refractivity contribution in [3.8, 4) is 0 Å². The maximum atomic E-state index is 11.6. The highest BCUT2D eigenvalue weighted by atomic mass is 16.2. The maximum absolute atomic E-state index is 11.6. The standard InChI is InChI=1S/C11H23N3O/c1-10(2)11(15)13(3)8-9-14-6-4-12-5-7-14/h10,12H,4-9H2,1-3H3. The van der Waals surface area contributed by atoms with Crippen LogP contribution in [0, 0.1) is 5.92 Å². The molecule has 0 radical (unpaired) electrons. The van der Waals surface area contributed by atoms with Crippen LogP contribution in [0.4, 0.5) is 0 Å². The third-order valence-electron chi connectivity index (χ3n) is 2.83. The average molecular weight is 213 g/mol. The number of hydrogen-bond donors (Lipinski definition) is 1. The average Bonchev–Trinajstić information content (AvgIpc) is 2.26. The van der Waals surface area contributed by atoms with Crippen LogP contribution in [0.3, 0.4) is 0 Å². The van der Waals surface area contributed by atoms with Gasteiger partial charge in [-0.3, -0.25) is 9.69 Å². The molecular weight excluding hydrogens is 190 g/mol. The third-order valence-corrected chi connectivity index (χ3v) is 2.83. The second kappa shape index (κ2) is 6.08. The minimum atomic E-state index is 0.109. The summed E-state index contributed by atoms with van der Waals surface area (Å²) in [5.41, 5.74) is 0. The highest BCUT2D eigenvalue weighted by molar-refractivity contribution is 5.77. The molecule has 88 valence electrons. The summed E-state index contributed by atoms with van der Waals surface area (Å²) in [6.07, 6.45) is 0. The van der Waals surface area contributed by atoms with Crippen molar-refractivity contribution in [2.75, 3.05) is 46.3 Å². The van der Waals surface area contributed by atoms with Gasteiger partial charge < -0.3 is 10.2 Å². The van der Waals surface area contributed by atoms with Crippen LogP contribution in [0.1, 0.15) is 13.8 Å². The summed E-state index contributed by atoms with van der Waals surface area (Å²) in [6, 6.07) is 0. The summed E-state index contributed by atoms with van der Waals surface area (Å²) in [4.78, 5) is 15.9. The van der Waals surface area contributed by atoms with Gasteiger partial charge in [-0.2, -0.15) is 0 Å². The number of likely N-dealkylation sites (N-methyl/N-ethyl adjacent to an activating group) is 1. The Labute approximate surface area is 92.6 Å². The minimum Gasteiger partial charge on any atom is -0.344 e. The highest BCUT2D eigenvalue weighted by Crippen LogP contribution is 1.99. The number of rotatable bonds is 4. The number of amides is 1. The Balaban J connectivity index is 2.20. The van der Waals surface area contributed by atoms with Crippen LogP contribution in [-0.2, 0) is 4.79 Å². The Hall–Kier alpha value is -0.610. The first kappa shape index (κ1) is 12.5. The predicted molar refractivity (Wildman–Crippen MR) is 61.8 cm³/mol. The van der Waals surface area contributed by atoms with E-state index in [-0.39, 0.29) is 11.8 Å². The Morgan fingerprint density at radius 3 is 2.53 bits per heavy atom. The zero-order valence-electron chi connectivity index (χ0n) is 10.1. The van der Waals surface area contributed by atoms with E-state index >= 15 is 0 Å². The Kier molecular flexibility index (Phi) is 5.05. The molecule has 0 spiro atoms. The molecular formula is C11H23N3O. The number of carbonyl (C=O) groups excluding carboxylic acids is 1. The molecule has 0 aromatic heterocycles. The van der Waals surface area contributed by atoms with Crippen molar-refractivity contribution < 1.29 is 4.79 Å². The molecule has 0 unspecified atom stereocenters. The van der Waals surface area contributed by atoms with Crippen LogP contribution in [0.5, 0.6) is 0 Å². The Morgan fingerprint density at radius 2 is 2.00 bits per heavy atom. The van der Waals surface area contributed by atoms with E-state index in [0.29, 0.717) is 0 Å². The lowest BCUT2D eigenvalue weighted by Crippen LogP contribution is -2.46. The molecule has 1 aliphatic heterocycles. The van der Waals surface area contributed by atoms with Crippen LogP contribution in [0.25, 0.3) is 0 Å². The molecule has 0 saturated carbocycles. The number of nitrogens with zero attached hydrogens (tertiary/aromatic N) is 2. The molecule has 4 heteroatoms. The van der Waals surface area contributed by atoms with Gasteiger partial charge in [0.2, 0.25) is 5.91 Å². The van der Waals surface area contributed by atoms with E-state index in [0.717, 1.165) is 39.3 Å². The van der Waals surface area contributed by atoms with Gasteiger partial charge in [-0.25, -0.2) is 0 Å². The number of nitrogens with one attached hydrogen (secondary N) is 1. The molecule has 0 aromatic carbocycles. The largest absolute Gasteiger partial charge is 0.344 e. The zero-order valence-corrected chi connectivity index (χ0v) is 10.1. The second-order valence-corrected chi connectivity index (χ2v) is 4.51. The first-order valence-corrected chi connectivity index (χ1v) is 5.79. The van der Waals surface area contributed by atoms with E-state index in [2.05, 4.69) is 10.2 Å². The zero-order chi connectivity index (χ0) is 11.3. The molecule has 1 N–H and O–H groups in total. The molecule has 1 saturated heterocycles. The van der Waals surface area contributed by atoms with Crippen molar-refractivity contribution in [2.45, 2.75) is 13.8 Å². The van der Waals surface area contributed by atoms with Gasteiger partial charge in [0.1, 0.15) is 0 Å². The number of carbonyl (C=O) groups is 1. The predicted octanol–water partition coefficient (Wildman–Crippen LogP) is 0.00600. The van der Waals surface area contributed by atoms with E-state index in [1.54, 1.807) is 0 Å². The summed E-state index contributed by atoms with van der Waals surface area (Å²) in [7, 11) is 1.89. The summed E-state index contributed by atoms with van der Waals surface area (Å²) >= 11 is 0. The first-order valence-electron chi connectivity index (χ1n) is 5.79. The van der Waals surface area contributed by atoms with Gasteiger partial charge in [0.05, 0.1) is 0 Å². The summed E-state index contributed by atoms with van der Waals surface area (Å²) in [6.45, 7) is 10.1.